The summed E-state index contributed by atoms with van der Waals surface area (Å²) in [6.45, 7) is 8.15. The zero-order chi connectivity index (χ0) is 21.2. The van der Waals surface area contributed by atoms with Crippen LogP contribution in [0, 0.1) is 11.8 Å². The lowest BCUT2D eigenvalue weighted by Gasteiger charge is -2.21. The Balaban J connectivity index is 1.90. The number of rotatable bonds is 22. The fraction of sp³-hybridized carbons (Fsp3) is 1.00. The second-order valence-corrected chi connectivity index (χ2v) is 9.83. The van der Waals surface area contributed by atoms with Crippen molar-refractivity contribution < 1.29 is 9.47 Å². The molecule has 1 aliphatic rings. The molecule has 0 bridgehead atoms. The van der Waals surface area contributed by atoms with E-state index >= 15 is 0 Å². The second kappa shape index (κ2) is 18.6. The van der Waals surface area contributed by atoms with Gasteiger partial charge in [-0.25, -0.2) is 0 Å². The molecule has 3 heteroatoms. The quantitative estimate of drug-likeness (QED) is 0.178. The van der Waals surface area contributed by atoms with Crippen LogP contribution >= 0.6 is 0 Å². The molecule has 0 aromatic heterocycles. The molecule has 3 unspecified atom stereocenters. The van der Waals surface area contributed by atoms with E-state index in [0.717, 1.165) is 38.2 Å². The molecule has 174 valence electrons. The van der Waals surface area contributed by atoms with Gasteiger partial charge in [0.2, 0.25) is 0 Å². The maximum atomic E-state index is 6.14. The largest absolute Gasteiger partial charge is 0.379 e. The predicted octanol–water partition coefficient (Wildman–Crippen LogP) is 7.09. The van der Waals surface area contributed by atoms with Crippen molar-refractivity contribution in [1.29, 1.82) is 0 Å². The van der Waals surface area contributed by atoms with Crippen molar-refractivity contribution in [2.24, 2.45) is 11.8 Å². The lowest BCUT2D eigenvalue weighted by atomic mass is 10.1. The Kier molecular flexibility index (Phi) is 17.3. The number of unbranched alkanes of at least 4 members (excludes halogenated alkanes) is 11. The van der Waals surface area contributed by atoms with E-state index in [1.807, 2.05) is 0 Å². The van der Waals surface area contributed by atoms with E-state index in [9.17, 15) is 0 Å². The zero-order valence-electron chi connectivity index (χ0n) is 20.4. The summed E-state index contributed by atoms with van der Waals surface area (Å²) in [5.74, 6) is 2.10. The predicted molar refractivity (Wildman–Crippen MR) is 127 cm³/mol. The lowest BCUT2D eigenvalue weighted by Crippen LogP contribution is -2.32. The highest BCUT2D eigenvalue weighted by molar-refractivity contribution is 4.81. The Morgan fingerprint density at radius 3 is 1.93 bits per heavy atom. The molecule has 0 aromatic rings. The lowest BCUT2D eigenvalue weighted by molar-refractivity contribution is -0.0287. The number of hydrogen-bond acceptors (Lipinski definition) is 3. The first-order chi connectivity index (χ1) is 14.1. The van der Waals surface area contributed by atoms with Crippen molar-refractivity contribution in [3.8, 4) is 0 Å². The first-order valence-corrected chi connectivity index (χ1v) is 13.0. The summed E-state index contributed by atoms with van der Waals surface area (Å²) < 4.78 is 12.1. The van der Waals surface area contributed by atoms with Gasteiger partial charge in [0.25, 0.3) is 0 Å². The van der Waals surface area contributed by atoms with Gasteiger partial charge < -0.3 is 14.4 Å². The highest BCUT2D eigenvalue weighted by atomic mass is 16.5. The van der Waals surface area contributed by atoms with Gasteiger partial charge in [0.1, 0.15) is 0 Å². The summed E-state index contributed by atoms with van der Waals surface area (Å²) in [6.07, 6.45) is 20.7. The molecule has 3 atom stereocenters. The summed E-state index contributed by atoms with van der Waals surface area (Å²) in [7, 11) is 4.24. The molecule has 0 saturated heterocycles. The van der Waals surface area contributed by atoms with Crippen LogP contribution in [0.2, 0.25) is 0 Å². The van der Waals surface area contributed by atoms with Crippen LogP contribution in [0.1, 0.15) is 110 Å². The van der Waals surface area contributed by atoms with Crippen LogP contribution in [-0.4, -0.2) is 51.5 Å². The highest BCUT2D eigenvalue weighted by Gasteiger charge is 2.31. The minimum atomic E-state index is 0.218. The monoisotopic (exact) mass is 411 g/mol. The van der Waals surface area contributed by atoms with E-state index in [1.165, 1.54) is 96.3 Å². The average molecular weight is 412 g/mol. The Morgan fingerprint density at radius 1 is 0.793 bits per heavy atom. The van der Waals surface area contributed by atoms with Crippen molar-refractivity contribution in [1.82, 2.24) is 4.90 Å². The number of nitrogens with zero attached hydrogens (tertiary/aromatic N) is 1. The second-order valence-electron chi connectivity index (χ2n) is 9.83. The van der Waals surface area contributed by atoms with Crippen LogP contribution in [0.4, 0.5) is 0 Å². The molecular formula is C26H53NO2. The van der Waals surface area contributed by atoms with Crippen LogP contribution in [-0.2, 0) is 9.47 Å². The standard InChI is InChI=1S/C26H53NO2/c1-5-6-7-8-10-13-16-19-28-23-26(22-27(3)4)29-20-17-14-11-9-12-15-18-25-21-24(25)2/h24-26H,5-23H2,1-4H3. The third-order valence-electron chi connectivity index (χ3n) is 6.36. The molecule has 1 rings (SSSR count). The summed E-state index contributed by atoms with van der Waals surface area (Å²) in [4.78, 5) is 2.21. The van der Waals surface area contributed by atoms with Gasteiger partial charge in [-0.2, -0.15) is 0 Å². The van der Waals surface area contributed by atoms with Gasteiger partial charge >= 0.3 is 0 Å². The summed E-state index contributed by atoms with van der Waals surface area (Å²) in [6, 6.07) is 0. The Morgan fingerprint density at radius 2 is 1.34 bits per heavy atom. The number of likely N-dealkylation sites (N-methyl/N-ethyl adjacent to an activating group) is 1. The van der Waals surface area contributed by atoms with Gasteiger partial charge in [-0.05, 0) is 45.2 Å². The van der Waals surface area contributed by atoms with Gasteiger partial charge in [-0.3, -0.25) is 0 Å². The molecule has 0 radical (unpaired) electrons. The van der Waals surface area contributed by atoms with Crippen molar-refractivity contribution in [3.05, 3.63) is 0 Å². The maximum Gasteiger partial charge on any atom is 0.0934 e. The molecule has 0 N–H and O–H groups in total. The van der Waals surface area contributed by atoms with E-state index in [-0.39, 0.29) is 6.10 Å². The normalized spacial score (nSPS) is 19.8. The topological polar surface area (TPSA) is 21.7 Å². The third kappa shape index (κ3) is 17.3. The SMILES string of the molecule is CCCCCCCCCOCC(CN(C)C)OCCCCCCCCC1CC1C. The van der Waals surface area contributed by atoms with Crippen molar-refractivity contribution in [2.75, 3.05) is 40.5 Å². The van der Waals surface area contributed by atoms with E-state index in [4.69, 9.17) is 9.47 Å². The molecule has 1 fully saturated rings. The maximum absolute atomic E-state index is 6.14. The Bertz CT molecular complexity index is 348. The molecule has 0 aliphatic heterocycles. The Labute approximate surface area is 183 Å². The first kappa shape index (κ1) is 26.9. The van der Waals surface area contributed by atoms with Crippen LogP contribution in [0.25, 0.3) is 0 Å². The molecule has 3 nitrogen and oxygen atoms in total. The molecule has 1 aliphatic carbocycles. The van der Waals surface area contributed by atoms with Crippen molar-refractivity contribution in [2.45, 2.75) is 116 Å². The van der Waals surface area contributed by atoms with Gasteiger partial charge in [0.05, 0.1) is 12.7 Å². The highest BCUT2D eigenvalue weighted by Crippen LogP contribution is 2.41. The van der Waals surface area contributed by atoms with Crippen LogP contribution in [0.3, 0.4) is 0 Å². The van der Waals surface area contributed by atoms with Gasteiger partial charge in [0.15, 0.2) is 0 Å². The molecule has 0 aromatic carbocycles. The summed E-state index contributed by atoms with van der Waals surface area (Å²) in [5.41, 5.74) is 0. The molecular weight excluding hydrogens is 358 g/mol. The number of hydrogen-bond donors (Lipinski definition) is 0. The third-order valence-corrected chi connectivity index (χ3v) is 6.36. The fourth-order valence-corrected chi connectivity index (χ4v) is 4.20. The van der Waals surface area contributed by atoms with Crippen molar-refractivity contribution >= 4 is 0 Å². The Hall–Kier alpha value is -0.120. The molecule has 0 spiro atoms. The minimum Gasteiger partial charge on any atom is -0.379 e. The molecule has 29 heavy (non-hydrogen) atoms. The van der Waals surface area contributed by atoms with E-state index in [2.05, 4.69) is 32.8 Å². The summed E-state index contributed by atoms with van der Waals surface area (Å²) in [5, 5.41) is 0. The van der Waals surface area contributed by atoms with Crippen LogP contribution in [0.5, 0.6) is 0 Å². The fourth-order valence-electron chi connectivity index (χ4n) is 4.20. The molecule has 1 saturated carbocycles. The van der Waals surface area contributed by atoms with Crippen LogP contribution < -0.4 is 0 Å². The van der Waals surface area contributed by atoms with Crippen molar-refractivity contribution in [3.63, 3.8) is 0 Å². The zero-order valence-corrected chi connectivity index (χ0v) is 20.4. The van der Waals surface area contributed by atoms with Gasteiger partial charge in [-0.15, -0.1) is 0 Å². The van der Waals surface area contributed by atoms with E-state index in [1.54, 1.807) is 0 Å². The average Bonchev–Trinajstić information content (AvgIpc) is 3.39. The first-order valence-electron chi connectivity index (χ1n) is 13.0. The van der Waals surface area contributed by atoms with Gasteiger partial charge in [-0.1, -0.05) is 90.9 Å². The van der Waals surface area contributed by atoms with E-state index < -0.39 is 0 Å². The summed E-state index contributed by atoms with van der Waals surface area (Å²) >= 11 is 0. The van der Waals surface area contributed by atoms with Gasteiger partial charge in [0, 0.05) is 19.8 Å². The van der Waals surface area contributed by atoms with Crippen LogP contribution in [0.15, 0.2) is 0 Å². The minimum absolute atomic E-state index is 0.218. The van der Waals surface area contributed by atoms with E-state index in [0.29, 0.717) is 0 Å². The smallest absolute Gasteiger partial charge is 0.0934 e. The molecule has 0 heterocycles. The molecule has 0 amide bonds. The number of ether oxygens (including phenoxy) is 2.